The molecule has 1 aromatic rings. The minimum atomic E-state index is -0.815. The van der Waals surface area contributed by atoms with Crippen LogP contribution in [0, 0.1) is 17.0 Å². The molecule has 6 nitrogen and oxygen atoms in total. The van der Waals surface area contributed by atoms with E-state index in [-0.39, 0.29) is 22.9 Å². The molecule has 0 spiro atoms. The molecule has 7 heteroatoms. The predicted molar refractivity (Wildman–Crippen MR) is 56.6 cm³/mol. The van der Waals surface area contributed by atoms with Gasteiger partial charge in [0.15, 0.2) is 5.56 Å². The van der Waals surface area contributed by atoms with Crippen LogP contribution in [0.2, 0.25) is 5.02 Å². The average Bonchev–Trinajstić information content (AvgIpc) is 2.20. The Bertz CT molecular complexity index is 447. The lowest BCUT2D eigenvalue weighted by Gasteiger charge is -2.05. The van der Waals surface area contributed by atoms with Crippen LogP contribution in [0.1, 0.15) is 23.0 Å². The van der Waals surface area contributed by atoms with Crippen LogP contribution in [0.25, 0.3) is 0 Å². The van der Waals surface area contributed by atoms with Crippen molar-refractivity contribution in [2.45, 2.75) is 13.8 Å². The zero-order chi connectivity index (χ0) is 12.3. The highest BCUT2D eigenvalue weighted by Crippen LogP contribution is 2.28. The fraction of sp³-hybridized carbons (Fsp3) is 0.333. The van der Waals surface area contributed by atoms with E-state index in [1.807, 2.05) is 0 Å². The summed E-state index contributed by atoms with van der Waals surface area (Å²) in [5.41, 5.74) is -0.538. The van der Waals surface area contributed by atoms with E-state index in [9.17, 15) is 14.9 Å². The first-order valence-electron chi connectivity index (χ1n) is 4.45. The largest absolute Gasteiger partial charge is 0.462 e. The van der Waals surface area contributed by atoms with E-state index >= 15 is 0 Å². The molecule has 0 N–H and O–H groups in total. The number of hydrogen-bond donors (Lipinski definition) is 0. The highest BCUT2D eigenvalue weighted by molar-refractivity contribution is 6.34. The average molecular weight is 245 g/mol. The van der Waals surface area contributed by atoms with E-state index in [0.717, 1.165) is 0 Å². The molecule has 0 amide bonds. The molecule has 0 bridgehead atoms. The summed E-state index contributed by atoms with van der Waals surface area (Å²) in [5, 5.41) is 10.7. The van der Waals surface area contributed by atoms with Crippen molar-refractivity contribution in [3.05, 3.63) is 32.6 Å². The summed E-state index contributed by atoms with van der Waals surface area (Å²) < 4.78 is 4.70. The van der Waals surface area contributed by atoms with Gasteiger partial charge in [-0.1, -0.05) is 11.6 Å². The zero-order valence-corrected chi connectivity index (χ0v) is 9.45. The number of aromatic nitrogens is 1. The summed E-state index contributed by atoms with van der Waals surface area (Å²) in [4.78, 5) is 25.3. The van der Waals surface area contributed by atoms with E-state index in [0.29, 0.717) is 0 Å². The molecule has 1 heterocycles. The Kier molecular flexibility index (Phi) is 3.78. The molecular weight excluding hydrogens is 236 g/mol. The molecule has 0 radical (unpaired) electrons. The summed E-state index contributed by atoms with van der Waals surface area (Å²) in [6.45, 7) is 3.15. The summed E-state index contributed by atoms with van der Waals surface area (Å²) >= 11 is 5.71. The fourth-order valence-corrected chi connectivity index (χ4v) is 1.41. The summed E-state index contributed by atoms with van der Waals surface area (Å²) in [7, 11) is 0. The van der Waals surface area contributed by atoms with E-state index in [1.54, 1.807) is 6.92 Å². The zero-order valence-electron chi connectivity index (χ0n) is 8.69. The van der Waals surface area contributed by atoms with Gasteiger partial charge < -0.3 is 4.74 Å². The van der Waals surface area contributed by atoms with Gasteiger partial charge in [-0.15, -0.1) is 0 Å². The Hall–Kier alpha value is -1.69. The number of aryl methyl sites for hydroxylation is 1. The first kappa shape index (κ1) is 12.4. The normalized spacial score (nSPS) is 9.94. The number of rotatable bonds is 3. The number of nitro groups is 1. The number of nitrogens with zero attached hydrogens (tertiary/aromatic N) is 2. The van der Waals surface area contributed by atoms with Gasteiger partial charge in [-0.2, -0.15) is 0 Å². The molecule has 0 aliphatic rings. The molecule has 0 aromatic carbocycles. The molecule has 0 aliphatic heterocycles. The van der Waals surface area contributed by atoms with Crippen LogP contribution in [-0.4, -0.2) is 22.5 Å². The van der Waals surface area contributed by atoms with Crippen molar-refractivity contribution in [2.75, 3.05) is 6.61 Å². The first-order valence-corrected chi connectivity index (χ1v) is 4.83. The molecule has 1 aromatic heterocycles. The molecule has 0 fully saturated rings. The molecule has 0 aliphatic carbocycles. The molecule has 0 saturated heterocycles. The monoisotopic (exact) mass is 244 g/mol. The maximum atomic E-state index is 11.5. The van der Waals surface area contributed by atoms with Gasteiger partial charge in [-0.05, 0) is 13.8 Å². The highest BCUT2D eigenvalue weighted by Gasteiger charge is 2.28. The first-order chi connectivity index (χ1) is 7.49. The van der Waals surface area contributed by atoms with Crippen molar-refractivity contribution in [1.29, 1.82) is 0 Å². The molecule has 0 saturated carbocycles. The smallest absolute Gasteiger partial charge is 0.346 e. The van der Waals surface area contributed by atoms with Gasteiger partial charge in [0.2, 0.25) is 0 Å². The molecule has 0 atom stereocenters. The Balaban J connectivity index is 3.40. The van der Waals surface area contributed by atoms with Crippen LogP contribution < -0.4 is 0 Å². The summed E-state index contributed by atoms with van der Waals surface area (Å²) in [6, 6.07) is 0. The van der Waals surface area contributed by atoms with Crippen molar-refractivity contribution < 1.29 is 14.5 Å². The van der Waals surface area contributed by atoms with Crippen LogP contribution in [0.3, 0.4) is 0 Å². The number of halogens is 1. The van der Waals surface area contributed by atoms with Gasteiger partial charge in [0.1, 0.15) is 5.69 Å². The third-order valence-corrected chi connectivity index (χ3v) is 2.14. The minimum Gasteiger partial charge on any atom is -0.462 e. The lowest BCUT2D eigenvalue weighted by atomic mass is 10.2. The van der Waals surface area contributed by atoms with Crippen molar-refractivity contribution in [3.8, 4) is 0 Å². The third-order valence-electron chi connectivity index (χ3n) is 1.85. The van der Waals surface area contributed by atoms with Gasteiger partial charge in [0, 0.05) is 6.20 Å². The maximum Gasteiger partial charge on any atom is 0.346 e. The van der Waals surface area contributed by atoms with Crippen molar-refractivity contribution in [1.82, 2.24) is 4.98 Å². The van der Waals surface area contributed by atoms with E-state index < -0.39 is 16.6 Å². The summed E-state index contributed by atoms with van der Waals surface area (Å²) in [5.74, 6) is -0.815. The number of hydrogen-bond acceptors (Lipinski definition) is 5. The Labute approximate surface area is 96.3 Å². The van der Waals surface area contributed by atoms with Gasteiger partial charge >= 0.3 is 11.7 Å². The Morgan fingerprint density at radius 1 is 1.69 bits per heavy atom. The van der Waals surface area contributed by atoms with Gasteiger partial charge in [-0.3, -0.25) is 15.1 Å². The standard InChI is InChI=1S/C9H9ClN2O4/c1-3-16-9(13)7-6(10)4-11-5(2)8(7)12(14)15/h4H,3H2,1-2H3. The SMILES string of the molecule is CCOC(=O)c1c(Cl)cnc(C)c1[N+](=O)[O-]. The molecule has 0 unspecified atom stereocenters. The number of esters is 1. The van der Waals surface area contributed by atoms with E-state index in [1.165, 1.54) is 13.1 Å². The van der Waals surface area contributed by atoms with Crippen molar-refractivity contribution in [3.63, 3.8) is 0 Å². The van der Waals surface area contributed by atoms with Crippen LogP contribution >= 0.6 is 11.6 Å². The maximum absolute atomic E-state index is 11.5. The second-order valence-electron chi connectivity index (χ2n) is 2.89. The topological polar surface area (TPSA) is 82.3 Å². The van der Waals surface area contributed by atoms with Gasteiger partial charge in [0.25, 0.3) is 0 Å². The Morgan fingerprint density at radius 2 is 2.31 bits per heavy atom. The second kappa shape index (κ2) is 4.89. The number of carbonyl (C=O) groups is 1. The number of carbonyl (C=O) groups excluding carboxylic acids is 1. The second-order valence-corrected chi connectivity index (χ2v) is 3.30. The molecule has 16 heavy (non-hydrogen) atoms. The molecular formula is C9H9ClN2O4. The highest BCUT2D eigenvalue weighted by atomic mass is 35.5. The van der Waals surface area contributed by atoms with Gasteiger partial charge in [-0.25, -0.2) is 4.79 Å². The number of ether oxygens (including phenoxy) is 1. The van der Waals surface area contributed by atoms with Crippen LogP contribution in [0.5, 0.6) is 0 Å². The lowest BCUT2D eigenvalue weighted by Crippen LogP contribution is -2.10. The number of pyridine rings is 1. The van der Waals surface area contributed by atoms with E-state index in [2.05, 4.69) is 4.98 Å². The Morgan fingerprint density at radius 3 is 2.81 bits per heavy atom. The van der Waals surface area contributed by atoms with Crippen LogP contribution in [0.4, 0.5) is 5.69 Å². The fourth-order valence-electron chi connectivity index (χ4n) is 1.19. The quantitative estimate of drug-likeness (QED) is 0.462. The molecule has 86 valence electrons. The molecule has 1 rings (SSSR count). The van der Waals surface area contributed by atoms with E-state index in [4.69, 9.17) is 16.3 Å². The van der Waals surface area contributed by atoms with Crippen molar-refractivity contribution >= 4 is 23.3 Å². The minimum absolute atomic E-state index is 0.0873. The predicted octanol–water partition coefficient (Wildman–Crippen LogP) is 2.13. The van der Waals surface area contributed by atoms with Crippen LogP contribution in [0.15, 0.2) is 6.20 Å². The van der Waals surface area contributed by atoms with Crippen LogP contribution in [-0.2, 0) is 4.74 Å². The van der Waals surface area contributed by atoms with Gasteiger partial charge in [0.05, 0.1) is 16.6 Å². The third kappa shape index (κ3) is 2.27. The summed E-state index contributed by atoms with van der Waals surface area (Å²) in [6.07, 6.45) is 1.19. The lowest BCUT2D eigenvalue weighted by molar-refractivity contribution is -0.386. The van der Waals surface area contributed by atoms with Crippen molar-refractivity contribution in [2.24, 2.45) is 0 Å².